The molecule has 1 fully saturated rings. The van der Waals surface area contributed by atoms with E-state index in [1.165, 1.54) is 0 Å². The van der Waals surface area contributed by atoms with Gasteiger partial charge in [-0.15, -0.1) is 0 Å². The molecular formula is C18H25N3O2. The van der Waals surface area contributed by atoms with Gasteiger partial charge in [-0.2, -0.15) is 0 Å². The fourth-order valence-electron chi connectivity index (χ4n) is 2.80. The zero-order valence-electron chi connectivity index (χ0n) is 13.9. The lowest BCUT2D eigenvalue weighted by Gasteiger charge is -2.37. The molecule has 1 aromatic heterocycles. The Morgan fingerprint density at radius 3 is 2.78 bits per heavy atom. The summed E-state index contributed by atoms with van der Waals surface area (Å²) in [6, 6.07) is 14.0. The number of nitrogens with one attached hydrogen (secondary N) is 1. The summed E-state index contributed by atoms with van der Waals surface area (Å²) < 4.78 is 11.4. The molecule has 1 aromatic carbocycles. The van der Waals surface area contributed by atoms with E-state index in [2.05, 4.69) is 29.2 Å². The largest absolute Gasteiger partial charge is 0.429 e. The van der Waals surface area contributed by atoms with Crippen molar-refractivity contribution in [3.05, 3.63) is 48.2 Å². The molecule has 1 aliphatic heterocycles. The Hall–Kier alpha value is -1.82. The van der Waals surface area contributed by atoms with Gasteiger partial charge in [-0.3, -0.25) is 4.90 Å². The van der Waals surface area contributed by atoms with Crippen LogP contribution in [0.2, 0.25) is 0 Å². The molecule has 0 aliphatic carbocycles. The van der Waals surface area contributed by atoms with Gasteiger partial charge in [0.2, 0.25) is 0 Å². The van der Waals surface area contributed by atoms with Crippen LogP contribution in [0.1, 0.15) is 5.76 Å². The van der Waals surface area contributed by atoms with Gasteiger partial charge >= 0.3 is 0 Å². The van der Waals surface area contributed by atoms with Crippen molar-refractivity contribution in [2.75, 3.05) is 40.3 Å². The van der Waals surface area contributed by atoms with E-state index >= 15 is 0 Å². The zero-order valence-corrected chi connectivity index (χ0v) is 13.9. The van der Waals surface area contributed by atoms with Gasteiger partial charge in [0.25, 0.3) is 5.95 Å². The second-order valence-electron chi connectivity index (χ2n) is 6.16. The number of rotatable bonds is 6. The molecule has 1 atom stereocenters. The highest BCUT2D eigenvalue weighted by Gasteiger charge is 2.21. The number of para-hydroxylation sites is 1. The van der Waals surface area contributed by atoms with Crippen LogP contribution in [0.5, 0.6) is 11.7 Å². The van der Waals surface area contributed by atoms with Gasteiger partial charge in [0.05, 0.1) is 6.54 Å². The van der Waals surface area contributed by atoms with E-state index < -0.39 is 0 Å². The van der Waals surface area contributed by atoms with Crippen LogP contribution in [0.3, 0.4) is 0 Å². The topological polar surface area (TPSA) is 40.9 Å². The van der Waals surface area contributed by atoms with Crippen LogP contribution in [0.25, 0.3) is 0 Å². The van der Waals surface area contributed by atoms with E-state index in [9.17, 15) is 0 Å². The smallest absolute Gasteiger partial charge is 0.290 e. The van der Waals surface area contributed by atoms with Gasteiger partial charge in [0.15, 0.2) is 0 Å². The van der Waals surface area contributed by atoms with Gasteiger partial charge in [-0.25, -0.2) is 0 Å². The highest BCUT2D eigenvalue weighted by atomic mass is 16.6. The molecule has 2 heterocycles. The van der Waals surface area contributed by atoms with Crippen molar-refractivity contribution in [1.29, 1.82) is 0 Å². The first kappa shape index (κ1) is 16.1. The van der Waals surface area contributed by atoms with Crippen molar-refractivity contribution in [2.45, 2.75) is 12.6 Å². The van der Waals surface area contributed by atoms with Crippen LogP contribution in [0, 0.1) is 0 Å². The summed E-state index contributed by atoms with van der Waals surface area (Å²) in [5.41, 5.74) is 0. The molecule has 0 bridgehead atoms. The molecule has 0 radical (unpaired) electrons. The lowest BCUT2D eigenvalue weighted by Crippen LogP contribution is -2.53. The maximum absolute atomic E-state index is 5.72. The molecule has 2 aromatic rings. The molecular weight excluding hydrogens is 290 g/mol. The Morgan fingerprint density at radius 1 is 1.13 bits per heavy atom. The number of hydrogen-bond acceptors (Lipinski definition) is 5. The van der Waals surface area contributed by atoms with Gasteiger partial charge < -0.3 is 19.4 Å². The quantitative estimate of drug-likeness (QED) is 0.886. The normalized spacial score (nSPS) is 19.8. The van der Waals surface area contributed by atoms with E-state index in [1.54, 1.807) is 0 Å². The third kappa shape index (κ3) is 4.58. The van der Waals surface area contributed by atoms with Crippen molar-refractivity contribution in [1.82, 2.24) is 15.1 Å². The van der Waals surface area contributed by atoms with E-state index in [0.717, 1.165) is 37.7 Å². The first-order valence-electron chi connectivity index (χ1n) is 8.12. The fourth-order valence-corrected chi connectivity index (χ4v) is 2.80. The lowest BCUT2D eigenvalue weighted by atomic mass is 10.2. The summed E-state index contributed by atoms with van der Waals surface area (Å²) in [7, 11) is 4.37. The molecule has 3 rings (SSSR count). The number of ether oxygens (including phenoxy) is 1. The van der Waals surface area contributed by atoms with Crippen LogP contribution in [-0.4, -0.2) is 56.1 Å². The molecule has 1 aliphatic rings. The van der Waals surface area contributed by atoms with Gasteiger partial charge in [0, 0.05) is 38.3 Å². The number of piperazine rings is 1. The zero-order chi connectivity index (χ0) is 16.1. The van der Waals surface area contributed by atoms with Crippen molar-refractivity contribution < 1.29 is 9.15 Å². The van der Waals surface area contributed by atoms with Gasteiger partial charge in [0.1, 0.15) is 11.5 Å². The first-order valence-corrected chi connectivity index (χ1v) is 8.12. The van der Waals surface area contributed by atoms with Crippen LogP contribution in [0.15, 0.2) is 46.9 Å². The molecule has 1 saturated heterocycles. The highest BCUT2D eigenvalue weighted by molar-refractivity contribution is 5.26. The highest BCUT2D eigenvalue weighted by Crippen LogP contribution is 2.23. The third-order valence-electron chi connectivity index (χ3n) is 4.26. The molecule has 0 amide bonds. The maximum Gasteiger partial charge on any atom is 0.290 e. The van der Waals surface area contributed by atoms with Gasteiger partial charge in [-0.05, 0) is 32.3 Å². The van der Waals surface area contributed by atoms with Crippen LogP contribution in [-0.2, 0) is 6.54 Å². The van der Waals surface area contributed by atoms with Crippen LogP contribution >= 0.6 is 0 Å². The summed E-state index contributed by atoms with van der Waals surface area (Å²) in [5.74, 6) is 2.21. The molecule has 0 unspecified atom stereocenters. The summed E-state index contributed by atoms with van der Waals surface area (Å²) in [6.45, 7) is 5.04. The van der Waals surface area contributed by atoms with E-state index in [4.69, 9.17) is 9.15 Å². The molecule has 0 spiro atoms. The van der Waals surface area contributed by atoms with Crippen molar-refractivity contribution in [3.63, 3.8) is 0 Å². The SMILES string of the molecule is CN1CCN(C)[C@H](CNCc2ccc(Oc3ccccc3)o2)C1. The van der Waals surface area contributed by atoms with Crippen LogP contribution < -0.4 is 10.1 Å². The molecule has 5 heteroatoms. The average molecular weight is 315 g/mol. The number of hydrogen-bond donors (Lipinski definition) is 1. The Labute approximate surface area is 137 Å². The fraction of sp³-hybridized carbons (Fsp3) is 0.444. The summed E-state index contributed by atoms with van der Waals surface area (Å²) in [5, 5.41) is 3.48. The second kappa shape index (κ2) is 7.64. The van der Waals surface area contributed by atoms with Gasteiger partial charge in [-0.1, -0.05) is 18.2 Å². The minimum absolute atomic E-state index is 0.530. The number of likely N-dealkylation sites (N-methyl/N-ethyl adjacent to an activating group) is 2. The maximum atomic E-state index is 5.72. The predicted octanol–water partition coefficient (Wildman–Crippen LogP) is 2.41. The summed E-state index contributed by atoms with van der Waals surface area (Å²) in [6.07, 6.45) is 0. The molecule has 23 heavy (non-hydrogen) atoms. The standard InChI is InChI=1S/C18H25N3O2/c1-20-10-11-21(2)15(14-20)12-19-13-17-8-9-18(23-17)22-16-6-4-3-5-7-16/h3-9,15,19H,10-14H2,1-2H3/t15-/m1/s1. The van der Waals surface area contributed by atoms with Crippen molar-refractivity contribution in [2.24, 2.45) is 0 Å². The number of furan rings is 1. The second-order valence-corrected chi connectivity index (χ2v) is 6.16. The minimum Gasteiger partial charge on any atom is -0.429 e. The molecule has 124 valence electrons. The van der Waals surface area contributed by atoms with Crippen molar-refractivity contribution in [3.8, 4) is 11.7 Å². The lowest BCUT2D eigenvalue weighted by molar-refractivity contribution is 0.113. The van der Waals surface area contributed by atoms with E-state index in [-0.39, 0.29) is 0 Å². The Morgan fingerprint density at radius 2 is 1.96 bits per heavy atom. The van der Waals surface area contributed by atoms with E-state index in [1.807, 2.05) is 42.5 Å². The predicted molar refractivity (Wildman–Crippen MR) is 90.8 cm³/mol. The Kier molecular flexibility index (Phi) is 5.33. The molecule has 5 nitrogen and oxygen atoms in total. The summed E-state index contributed by atoms with van der Waals surface area (Å²) in [4.78, 5) is 4.80. The Bertz CT molecular complexity index is 599. The minimum atomic E-state index is 0.530. The Balaban J connectivity index is 1.46. The number of nitrogens with zero attached hydrogens (tertiary/aromatic N) is 2. The monoisotopic (exact) mass is 315 g/mol. The average Bonchev–Trinajstić information content (AvgIpc) is 2.99. The van der Waals surface area contributed by atoms with Crippen LogP contribution in [0.4, 0.5) is 0 Å². The molecule has 0 saturated carbocycles. The summed E-state index contributed by atoms with van der Waals surface area (Å²) >= 11 is 0. The van der Waals surface area contributed by atoms with E-state index in [0.29, 0.717) is 18.5 Å². The third-order valence-corrected chi connectivity index (χ3v) is 4.26. The first-order chi connectivity index (χ1) is 11.2. The van der Waals surface area contributed by atoms with Crippen molar-refractivity contribution >= 4 is 0 Å². The number of benzene rings is 1. The molecule has 1 N–H and O–H groups in total.